The molecule has 2 aromatic carbocycles. The van der Waals surface area contributed by atoms with Gasteiger partial charge in [-0.3, -0.25) is 0 Å². The highest BCUT2D eigenvalue weighted by atomic mass is 16.5. The quantitative estimate of drug-likeness (QED) is 0.848. The van der Waals surface area contributed by atoms with Crippen LogP contribution >= 0.6 is 0 Å². The fraction of sp³-hybridized carbons (Fsp3) is 0.294. The average molecular weight is 271 g/mol. The molecular formula is C17H21NO2. The minimum atomic E-state index is -1.16. The molecule has 2 aromatic rings. The first-order chi connectivity index (χ1) is 9.68. The summed E-state index contributed by atoms with van der Waals surface area (Å²) < 4.78 is 5.69. The van der Waals surface area contributed by atoms with Gasteiger partial charge in [-0.05, 0) is 29.7 Å². The number of aliphatic hydroxyl groups is 1. The van der Waals surface area contributed by atoms with Crippen LogP contribution in [0, 0.1) is 0 Å². The molecule has 0 radical (unpaired) electrons. The topological polar surface area (TPSA) is 55.5 Å². The van der Waals surface area contributed by atoms with E-state index in [9.17, 15) is 5.11 Å². The first kappa shape index (κ1) is 14.6. The van der Waals surface area contributed by atoms with E-state index in [2.05, 4.69) is 6.92 Å². The van der Waals surface area contributed by atoms with Crippen molar-refractivity contribution in [3.8, 4) is 5.75 Å². The zero-order valence-electron chi connectivity index (χ0n) is 11.8. The van der Waals surface area contributed by atoms with Crippen LogP contribution in [0.3, 0.4) is 0 Å². The third-order valence-electron chi connectivity index (χ3n) is 3.46. The summed E-state index contributed by atoms with van der Waals surface area (Å²) in [7, 11) is 0. The Morgan fingerprint density at radius 2 is 1.70 bits per heavy atom. The van der Waals surface area contributed by atoms with Crippen molar-refractivity contribution in [2.24, 2.45) is 5.73 Å². The molecule has 3 heteroatoms. The maximum atomic E-state index is 10.6. The second kappa shape index (κ2) is 6.55. The molecule has 0 bridgehead atoms. The largest absolute Gasteiger partial charge is 0.490 e. The molecule has 0 aliphatic rings. The SMILES string of the molecule is CCc1ccc(OCC(O)(CN)c2ccccc2)cc1. The lowest BCUT2D eigenvalue weighted by atomic mass is 9.95. The van der Waals surface area contributed by atoms with Gasteiger partial charge in [0, 0.05) is 6.54 Å². The standard InChI is InChI=1S/C17H21NO2/c1-2-14-8-10-16(11-9-14)20-13-17(19,12-18)15-6-4-3-5-7-15/h3-11,19H,2,12-13,18H2,1H3. The fourth-order valence-corrected chi connectivity index (χ4v) is 2.03. The first-order valence-electron chi connectivity index (χ1n) is 6.87. The zero-order valence-corrected chi connectivity index (χ0v) is 11.8. The van der Waals surface area contributed by atoms with Crippen LogP contribution in [-0.4, -0.2) is 18.3 Å². The van der Waals surface area contributed by atoms with Gasteiger partial charge < -0.3 is 15.6 Å². The van der Waals surface area contributed by atoms with E-state index in [1.54, 1.807) is 0 Å². The smallest absolute Gasteiger partial charge is 0.136 e. The van der Waals surface area contributed by atoms with E-state index in [-0.39, 0.29) is 13.2 Å². The third kappa shape index (κ3) is 3.38. The van der Waals surface area contributed by atoms with E-state index in [0.29, 0.717) is 0 Å². The summed E-state index contributed by atoms with van der Waals surface area (Å²) in [6, 6.07) is 17.3. The first-order valence-corrected chi connectivity index (χ1v) is 6.87. The number of rotatable bonds is 6. The highest BCUT2D eigenvalue weighted by molar-refractivity contribution is 5.28. The van der Waals surface area contributed by atoms with E-state index in [0.717, 1.165) is 17.7 Å². The molecule has 0 aliphatic heterocycles. The molecule has 1 unspecified atom stereocenters. The van der Waals surface area contributed by atoms with Crippen LogP contribution in [0.2, 0.25) is 0 Å². The molecule has 0 fully saturated rings. The van der Waals surface area contributed by atoms with Gasteiger partial charge >= 0.3 is 0 Å². The van der Waals surface area contributed by atoms with E-state index in [1.807, 2.05) is 54.6 Å². The summed E-state index contributed by atoms with van der Waals surface area (Å²) in [5.74, 6) is 0.741. The Hall–Kier alpha value is -1.84. The molecule has 0 aromatic heterocycles. The second-order valence-electron chi connectivity index (χ2n) is 4.89. The van der Waals surface area contributed by atoms with Crippen molar-refractivity contribution in [2.45, 2.75) is 18.9 Å². The Kier molecular flexibility index (Phi) is 4.77. The molecule has 2 rings (SSSR count). The van der Waals surface area contributed by atoms with Crippen LogP contribution in [0.4, 0.5) is 0 Å². The van der Waals surface area contributed by atoms with Crippen LogP contribution in [0.15, 0.2) is 54.6 Å². The van der Waals surface area contributed by atoms with Crippen molar-refractivity contribution in [3.05, 3.63) is 65.7 Å². The van der Waals surface area contributed by atoms with E-state index in [4.69, 9.17) is 10.5 Å². The Balaban J connectivity index is 2.06. The Morgan fingerprint density at radius 3 is 2.25 bits per heavy atom. The zero-order chi connectivity index (χ0) is 14.4. The van der Waals surface area contributed by atoms with Crippen LogP contribution in [0.1, 0.15) is 18.1 Å². The Morgan fingerprint density at radius 1 is 1.05 bits per heavy atom. The van der Waals surface area contributed by atoms with Crippen LogP contribution < -0.4 is 10.5 Å². The lowest BCUT2D eigenvalue weighted by Gasteiger charge is -2.27. The third-order valence-corrected chi connectivity index (χ3v) is 3.46. The van der Waals surface area contributed by atoms with Crippen LogP contribution in [0.5, 0.6) is 5.75 Å². The van der Waals surface area contributed by atoms with Gasteiger partial charge in [-0.25, -0.2) is 0 Å². The molecule has 3 N–H and O–H groups in total. The Bertz CT molecular complexity index is 524. The molecule has 0 heterocycles. The highest BCUT2D eigenvalue weighted by Gasteiger charge is 2.28. The van der Waals surface area contributed by atoms with Crippen LogP contribution in [0.25, 0.3) is 0 Å². The van der Waals surface area contributed by atoms with Crippen molar-refractivity contribution in [3.63, 3.8) is 0 Å². The predicted molar refractivity (Wildman–Crippen MR) is 80.7 cm³/mol. The van der Waals surface area contributed by atoms with E-state index < -0.39 is 5.60 Å². The lowest BCUT2D eigenvalue weighted by molar-refractivity contribution is -0.00144. The molecule has 0 amide bonds. The monoisotopic (exact) mass is 271 g/mol. The summed E-state index contributed by atoms with van der Waals surface area (Å²) in [4.78, 5) is 0. The van der Waals surface area contributed by atoms with E-state index >= 15 is 0 Å². The van der Waals surface area contributed by atoms with Crippen molar-refractivity contribution < 1.29 is 9.84 Å². The number of nitrogens with two attached hydrogens (primary N) is 1. The second-order valence-corrected chi connectivity index (χ2v) is 4.89. The number of benzene rings is 2. The minimum absolute atomic E-state index is 0.115. The normalized spacial score (nSPS) is 13.8. The van der Waals surface area contributed by atoms with Crippen molar-refractivity contribution in [1.82, 2.24) is 0 Å². The van der Waals surface area contributed by atoms with Gasteiger partial charge in [0.05, 0.1) is 0 Å². The average Bonchev–Trinajstić information content (AvgIpc) is 2.54. The Labute approximate surface area is 120 Å². The molecule has 0 aliphatic carbocycles. The molecule has 3 nitrogen and oxygen atoms in total. The highest BCUT2D eigenvalue weighted by Crippen LogP contribution is 2.22. The maximum absolute atomic E-state index is 10.6. The molecular weight excluding hydrogens is 250 g/mol. The molecule has 1 atom stereocenters. The summed E-state index contributed by atoms with van der Waals surface area (Å²) in [5, 5.41) is 10.6. The summed E-state index contributed by atoms with van der Waals surface area (Å²) in [6.45, 7) is 2.36. The molecule has 106 valence electrons. The van der Waals surface area contributed by atoms with Gasteiger partial charge in [-0.1, -0.05) is 49.4 Å². The molecule has 0 saturated carbocycles. The lowest BCUT2D eigenvalue weighted by Crippen LogP contribution is -2.40. The predicted octanol–water partition coefficient (Wildman–Crippen LogP) is 2.47. The summed E-state index contributed by atoms with van der Waals surface area (Å²) in [5.41, 5.74) is 6.59. The van der Waals surface area contributed by atoms with Gasteiger partial charge in [0.1, 0.15) is 18.0 Å². The number of hydrogen-bond acceptors (Lipinski definition) is 3. The van der Waals surface area contributed by atoms with Crippen LogP contribution in [-0.2, 0) is 12.0 Å². The van der Waals surface area contributed by atoms with Crippen molar-refractivity contribution >= 4 is 0 Å². The van der Waals surface area contributed by atoms with Gasteiger partial charge in [0.25, 0.3) is 0 Å². The van der Waals surface area contributed by atoms with Crippen molar-refractivity contribution in [2.75, 3.05) is 13.2 Å². The van der Waals surface area contributed by atoms with Crippen molar-refractivity contribution in [1.29, 1.82) is 0 Å². The van der Waals surface area contributed by atoms with Gasteiger partial charge in [0.2, 0.25) is 0 Å². The molecule has 20 heavy (non-hydrogen) atoms. The number of ether oxygens (including phenoxy) is 1. The van der Waals surface area contributed by atoms with E-state index in [1.165, 1.54) is 5.56 Å². The number of hydrogen-bond donors (Lipinski definition) is 2. The summed E-state index contributed by atoms with van der Waals surface area (Å²) >= 11 is 0. The van der Waals surface area contributed by atoms with Gasteiger partial charge in [0.15, 0.2) is 0 Å². The molecule has 0 spiro atoms. The maximum Gasteiger partial charge on any atom is 0.136 e. The summed E-state index contributed by atoms with van der Waals surface area (Å²) in [6.07, 6.45) is 0.997. The minimum Gasteiger partial charge on any atom is -0.490 e. The number of aryl methyl sites for hydroxylation is 1. The fourth-order valence-electron chi connectivity index (χ4n) is 2.03. The molecule has 0 saturated heterocycles. The van der Waals surface area contributed by atoms with Gasteiger partial charge in [-0.15, -0.1) is 0 Å². The van der Waals surface area contributed by atoms with Gasteiger partial charge in [-0.2, -0.15) is 0 Å².